The van der Waals surface area contributed by atoms with Gasteiger partial charge in [0.15, 0.2) is 0 Å². The molecule has 82 valence electrons. The average molecular weight is 413 g/mol. The number of hydrogen-bond donors (Lipinski definition) is 0. The van der Waals surface area contributed by atoms with Crippen molar-refractivity contribution >= 4 is 59.4 Å². The number of rotatable bonds is 3. The minimum absolute atomic E-state index is 0.389. The monoisotopic (exact) mass is 412 g/mol. The molecule has 0 radical (unpaired) electrons. The Morgan fingerprint density at radius 1 is 1.07 bits per heavy atom. The van der Waals surface area contributed by atoms with Gasteiger partial charge in [-0.3, -0.25) is 0 Å². The topological polar surface area (TPSA) is 0 Å². The summed E-state index contributed by atoms with van der Waals surface area (Å²) < 4.78 is 4.16. The third-order valence-corrected chi connectivity index (χ3v) is 12.3. The van der Waals surface area contributed by atoms with Gasteiger partial charge in [-0.25, -0.2) is 0 Å². The maximum atomic E-state index is 3.73. The molecule has 1 aromatic rings. The zero-order chi connectivity index (χ0) is 11.5. The van der Waals surface area contributed by atoms with Gasteiger partial charge in [0.1, 0.15) is 0 Å². The van der Waals surface area contributed by atoms with E-state index in [9.17, 15) is 0 Å². The van der Waals surface area contributed by atoms with E-state index in [0.717, 1.165) is 0 Å². The Balaban J connectivity index is 2.84. The third kappa shape index (κ3) is 4.57. The molecule has 0 N–H and O–H groups in total. The van der Waals surface area contributed by atoms with Crippen LogP contribution in [-0.4, -0.2) is 23.0 Å². The molecule has 0 amide bonds. The van der Waals surface area contributed by atoms with Crippen LogP contribution in [0.4, 0.5) is 0 Å². The Hall–Kier alpha value is 0.656. The summed E-state index contributed by atoms with van der Waals surface area (Å²) >= 11 is 7.83. The van der Waals surface area contributed by atoms with Crippen molar-refractivity contribution < 1.29 is 0 Å². The molecule has 0 bridgehead atoms. The van der Waals surface area contributed by atoms with Crippen LogP contribution in [-0.2, 0) is 0 Å². The van der Waals surface area contributed by atoms with Gasteiger partial charge in [-0.05, 0) is 0 Å². The van der Waals surface area contributed by atoms with Gasteiger partial charge in [-0.15, -0.1) is 0 Å². The molecule has 0 unspecified atom stereocenters. The van der Waals surface area contributed by atoms with E-state index in [1.807, 2.05) is 0 Å². The van der Waals surface area contributed by atoms with E-state index in [-0.39, 0.29) is 0 Å². The standard InChI is InChI=1S/C11H14Br2SeSi/c1-15(2,3)11(13)10(12)14-9-7-5-4-6-8-9/h4-8H,1-3H3/b11-10+. The summed E-state index contributed by atoms with van der Waals surface area (Å²) in [4.78, 5) is 0. The van der Waals surface area contributed by atoms with Crippen LogP contribution < -0.4 is 4.46 Å². The quantitative estimate of drug-likeness (QED) is 0.661. The van der Waals surface area contributed by atoms with Crippen LogP contribution in [0.2, 0.25) is 19.6 Å². The van der Waals surface area contributed by atoms with Crippen molar-refractivity contribution in [2.45, 2.75) is 19.6 Å². The zero-order valence-electron chi connectivity index (χ0n) is 9.05. The van der Waals surface area contributed by atoms with Crippen molar-refractivity contribution in [1.82, 2.24) is 0 Å². The van der Waals surface area contributed by atoms with Crippen molar-refractivity contribution in [3.63, 3.8) is 0 Å². The summed E-state index contributed by atoms with van der Waals surface area (Å²) in [6.45, 7) is 7.04. The van der Waals surface area contributed by atoms with E-state index in [0.29, 0.717) is 15.0 Å². The fraction of sp³-hybridized carbons (Fsp3) is 0.273. The van der Waals surface area contributed by atoms with Gasteiger partial charge in [-0.1, -0.05) is 0 Å². The molecule has 0 atom stereocenters. The van der Waals surface area contributed by atoms with Gasteiger partial charge >= 0.3 is 117 Å². The molecule has 0 aliphatic rings. The van der Waals surface area contributed by atoms with Crippen LogP contribution in [0.1, 0.15) is 0 Å². The minimum atomic E-state index is -1.21. The molecule has 0 aliphatic carbocycles. The van der Waals surface area contributed by atoms with Gasteiger partial charge in [0, 0.05) is 0 Å². The molecule has 0 saturated heterocycles. The molecule has 0 aliphatic heterocycles. The van der Waals surface area contributed by atoms with Crippen LogP contribution >= 0.6 is 31.9 Å². The van der Waals surface area contributed by atoms with Crippen LogP contribution in [0.5, 0.6) is 0 Å². The molecule has 0 nitrogen and oxygen atoms in total. The molecule has 0 spiro atoms. The molecular weight excluding hydrogens is 399 g/mol. The zero-order valence-corrected chi connectivity index (χ0v) is 14.9. The molecule has 1 aromatic carbocycles. The third-order valence-electron chi connectivity index (χ3n) is 1.78. The van der Waals surface area contributed by atoms with Crippen molar-refractivity contribution in [2.75, 3.05) is 0 Å². The fourth-order valence-electron chi connectivity index (χ4n) is 0.932. The van der Waals surface area contributed by atoms with Crippen molar-refractivity contribution in [2.24, 2.45) is 0 Å². The van der Waals surface area contributed by atoms with Crippen LogP contribution in [0.25, 0.3) is 0 Å². The van der Waals surface area contributed by atoms with Gasteiger partial charge in [0.2, 0.25) is 0 Å². The fourth-order valence-corrected chi connectivity index (χ4v) is 8.13. The predicted molar refractivity (Wildman–Crippen MR) is 80.1 cm³/mol. The number of hydrogen-bond acceptors (Lipinski definition) is 0. The van der Waals surface area contributed by atoms with Gasteiger partial charge < -0.3 is 0 Å². The van der Waals surface area contributed by atoms with E-state index in [1.165, 1.54) is 11.9 Å². The van der Waals surface area contributed by atoms with Crippen molar-refractivity contribution in [3.05, 3.63) is 37.8 Å². The Bertz CT molecular complexity index is 355. The predicted octanol–water partition coefficient (Wildman–Crippen LogP) is 3.85. The van der Waals surface area contributed by atoms with E-state index >= 15 is 0 Å². The summed E-state index contributed by atoms with van der Waals surface area (Å²) in [7, 11) is -1.21. The van der Waals surface area contributed by atoms with Crippen molar-refractivity contribution in [1.29, 1.82) is 0 Å². The Morgan fingerprint density at radius 2 is 1.60 bits per heavy atom. The molecule has 0 heterocycles. The number of halogens is 2. The first-order chi connectivity index (χ1) is 6.91. The Morgan fingerprint density at radius 3 is 2.07 bits per heavy atom. The summed E-state index contributed by atoms with van der Waals surface area (Å²) in [6, 6.07) is 10.6. The molecule has 4 heteroatoms. The maximum absolute atomic E-state index is 3.73. The molecule has 0 aromatic heterocycles. The SMILES string of the molecule is C[Si](C)(C)/C(Br)=C(\Br)[Se]c1ccccc1. The second-order valence-electron chi connectivity index (χ2n) is 4.25. The van der Waals surface area contributed by atoms with Gasteiger partial charge in [0.05, 0.1) is 0 Å². The second kappa shape index (κ2) is 5.83. The first kappa shape index (κ1) is 13.7. The average Bonchev–Trinajstić information content (AvgIpc) is 2.16. The van der Waals surface area contributed by atoms with Crippen LogP contribution in [0.15, 0.2) is 37.8 Å². The second-order valence-corrected chi connectivity index (χ2v) is 15.0. The Kier molecular flexibility index (Phi) is 5.33. The number of benzene rings is 1. The summed E-state index contributed by atoms with van der Waals surface area (Å²) in [5.41, 5.74) is 0. The molecule has 1 rings (SSSR count). The first-order valence-electron chi connectivity index (χ1n) is 4.70. The van der Waals surface area contributed by atoms with E-state index in [1.54, 1.807) is 0 Å². The molecular formula is C11H14Br2SeSi. The van der Waals surface area contributed by atoms with E-state index < -0.39 is 8.07 Å². The van der Waals surface area contributed by atoms with Gasteiger partial charge in [0.25, 0.3) is 0 Å². The molecule has 0 fully saturated rings. The van der Waals surface area contributed by atoms with E-state index in [2.05, 4.69) is 81.8 Å². The summed E-state index contributed by atoms with van der Waals surface area (Å²) in [5.74, 6) is 0. The summed E-state index contributed by atoms with van der Waals surface area (Å²) in [5, 5.41) is 0. The first-order valence-corrected chi connectivity index (χ1v) is 11.5. The van der Waals surface area contributed by atoms with Gasteiger partial charge in [-0.2, -0.15) is 0 Å². The molecule has 0 saturated carbocycles. The molecule has 15 heavy (non-hydrogen) atoms. The van der Waals surface area contributed by atoms with Crippen LogP contribution in [0, 0.1) is 0 Å². The normalized spacial score (nSPS) is 13.7. The van der Waals surface area contributed by atoms with E-state index in [4.69, 9.17) is 0 Å². The summed E-state index contributed by atoms with van der Waals surface area (Å²) in [6.07, 6.45) is 0. The Labute approximate surface area is 116 Å². The van der Waals surface area contributed by atoms with Crippen molar-refractivity contribution in [3.8, 4) is 0 Å². The van der Waals surface area contributed by atoms with Crippen LogP contribution in [0.3, 0.4) is 0 Å².